The molecule has 0 aliphatic heterocycles. The summed E-state index contributed by atoms with van der Waals surface area (Å²) < 4.78 is 36.9. The number of hydrogen-bond acceptors (Lipinski definition) is 3. The number of hydrogen-bond donors (Lipinski definition) is 1. The number of nitrogens with one attached hydrogen (secondary N) is 1. The summed E-state index contributed by atoms with van der Waals surface area (Å²) in [5.74, 6) is -0.329. The van der Waals surface area contributed by atoms with Crippen LogP contribution in [0, 0.1) is 11.6 Å². The van der Waals surface area contributed by atoms with Crippen LogP contribution in [-0.2, 0) is 13.2 Å². The molecule has 0 saturated heterocycles. The molecule has 3 rings (SSSR count). The van der Waals surface area contributed by atoms with Crippen LogP contribution in [0.1, 0.15) is 24.2 Å². The number of ether oxygens (including phenoxy) is 1. The standard InChI is InChI=1S/C15H15F2NO2/c16-11-5-12(17)7-14(6-11)20-9-10-3-4-19-15(10)8-18-13-1-2-13/h3-7,13,18H,1-2,8-9H2. The summed E-state index contributed by atoms with van der Waals surface area (Å²) in [7, 11) is 0. The second kappa shape index (κ2) is 5.63. The Morgan fingerprint density at radius 3 is 2.65 bits per heavy atom. The molecule has 1 N–H and O–H groups in total. The third kappa shape index (κ3) is 3.36. The van der Waals surface area contributed by atoms with E-state index in [2.05, 4.69) is 5.32 Å². The van der Waals surface area contributed by atoms with Gasteiger partial charge in [0.25, 0.3) is 0 Å². The van der Waals surface area contributed by atoms with Gasteiger partial charge in [-0.3, -0.25) is 0 Å². The molecule has 20 heavy (non-hydrogen) atoms. The third-order valence-corrected chi connectivity index (χ3v) is 3.20. The molecule has 1 heterocycles. The molecule has 1 saturated carbocycles. The van der Waals surface area contributed by atoms with Gasteiger partial charge < -0.3 is 14.5 Å². The van der Waals surface area contributed by atoms with Crippen molar-refractivity contribution in [2.45, 2.75) is 32.0 Å². The third-order valence-electron chi connectivity index (χ3n) is 3.20. The Balaban J connectivity index is 1.61. The van der Waals surface area contributed by atoms with E-state index in [4.69, 9.17) is 9.15 Å². The molecule has 3 nitrogen and oxygen atoms in total. The maximum atomic E-state index is 13.0. The minimum Gasteiger partial charge on any atom is -0.489 e. The van der Waals surface area contributed by atoms with Gasteiger partial charge in [-0.05, 0) is 18.9 Å². The number of halogens is 2. The van der Waals surface area contributed by atoms with Crippen LogP contribution in [0.2, 0.25) is 0 Å². The predicted molar refractivity (Wildman–Crippen MR) is 69.3 cm³/mol. The molecular formula is C15H15F2NO2. The van der Waals surface area contributed by atoms with Gasteiger partial charge >= 0.3 is 0 Å². The Morgan fingerprint density at radius 1 is 1.20 bits per heavy atom. The van der Waals surface area contributed by atoms with Crippen LogP contribution in [0.15, 0.2) is 34.9 Å². The maximum absolute atomic E-state index is 13.0. The lowest BCUT2D eigenvalue weighted by Crippen LogP contribution is -2.16. The average Bonchev–Trinajstić information content (AvgIpc) is 3.12. The van der Waals surface area contributed by atoms with Gasteiger partial charge in [-0.15, -0.1) is 0 Å². The van der Waals surface area contributed by atoms with E-state index in [1.165, 1.54) is 12.8 Å². The topological polar surface area (TPSA) is 34.4 Å². The van der Waals surface area contributed by atoms with Crippen molar-refractivity contribution in [2.75, 3.05) is 0 Å². The van der Waals surface area contributed by atoms with Gasteiger partial charge in [0.2, 0.25) is 0 Å². The first kappa shape index (κ1) is 13.1. The van der Waals surface area contributed by atoms with Crippen molar-refractivity contribution in [3.8, 4) is 5.75 Å². The second-order valence-corrected chi connectivity index (χ2v) is 4.92. The van der Waals surface area contributed by atoms with E-state index >= 15 is 0 Å². The van der Waals surface area contributed by atoms with E-state index in [0.717, 1.165) is 29.5 Å². The fraction of sp³-hybridized carbons (Fsp3) is 0.333. The quantitative estimate of drug-likeness (QED) is 0.880. The molecule has 1 fully saturated rings. The van der Waals surface area contributed by atoms with Crippen molar-refractivity contribution in [3.05, 3.63) is 53.5 Å². The molecule has 1 aliphatic carbocycles. The molecule has 1 aromatic carbocycles. The van der Waals surface area contributed by atoms with E-state index in [0.29, 0.717) is 12.6 Å². The lowest BCUT2D eigenvalue weighted by atomic mass is 10.2. The summed E-state index contributed by atoms with van der Waals surface area (Å²) in [5.41, 5.74) is 0.878. The Bertz CT molecular complexity index is 573. The smallest absolute Gasteiger partial charge is 0.129 e. The number of benzene rings is 1. The summed E-state index contributed by atoms with van der Waals surface area (Å²) in [4.78, 5) is 0. The van der Waals surface area contributed by atoms with Gasteiger partial charge in [0.05, 0.1) is 12.8 Å². The van der Waals surface area contributed by atoms with E-state index in [9.17, 15) is 8.78 Å². The van der Waals surface area contributed by atoms with Gasteiger partial charge in [-0.2, -0.15) is 0 Å². The zero-order valence-corrected chi connectivity index (χ0v) is 10.9. The highest BCUT2D eigenvalue weighted by Crippen LogP contribution is 2.21. The van der Waals surface area contributed by atoms with Crippen LogP contribution in [0.4, 0.5) is 8.78 Å². The molecule has 2 aromatic rings. The van der Waals surface area contributed by atoms with Crippen molar-refractivity contribution in [2.24, 2.45) is 0 Å². The minimum atomic E-state index is -0.650. The van der Waals surface area contributed by atoms with Gasteiger partial charge in [-0.25, -0.2) is 8.78 Å². The first-order chi connectivity index (χ1) is 9.70. The zero-order valence-electron chi connectivity index (χ0n) is 10.9. The number of rotatable bonds is 6. The van der Waals surface area contributed by atoms with Gasteiger partial charge in [-0.1, -0.05) is 0 Å². The highest BCUT2D eigenvalue weighted by Gasteiger charge is 2.21. The van der Waals surface area contributed by atoms with Crippen LogP contribution in [0.25, 0.3) is 0 Å². The van der Waals surface area contributed by atoms with Gasteiger partial charge in [0.15, 0.2) is 0 Å². The fourth-order valence-electron chi connectivity index (χ4n) is 1.95. The Kier molecular flexibility index (Phi) is 3.69. The summed E-state index contributed by atoms with van der Waals surface area (Å²) in [6.07, 6.45) is 4.00. The van der Waals surface area contributed by atoms with Gasteiger partial charge in [0, 0.05) is 29.8 Å². The van der Waals surface area contributed by atoms with Crippen molar-refractivity contribution in [1.29, 1.82) is 0 Å². The second-order valence-electron chi connectivity index (χ2n) is 4.92. The fourth-order valence-corrected chi connectivity index (χ4v) is 1.95. The first-order valence-electron chi connectivity index (χ1n) is 6.58. The summed E-state index contributed by atoms with van der Waals surface area (Å²) in [6.45, 7) is 0.870. The highest BCUT2D eigenvalue weighted by molar-refractivity contribution is 5.25. The van der Waals surface area contributed by atoms with Crippen molar-refractivity contribution in [1.82, 2.24) is 5.32 Å². The lowest BCUT2D eigenvalue weighted by Gasteiger charge is -2.07. The Labute approximate surface area is 115 Å². The molecule has 1 aromatic heterocycles. The van der Waals surface area contributed by atoms with Crippen LogP contribution >= 0.6 is 0 Å². The lowest BCUT2D eigenvalue weighted by molar-refractivity contribution is 0.298. The summed E-state index contributed by atoms with van der Waals surface area (Å²) >= 11 is 0. The molecule has 5 heteroatoms. The molecule has 106 valence electrons. The molecule has 0 radical (unpaired) electrons. The van der Waals surface area contributed by atoms with Crippen LogP contribution in [0.5, 0.6) is 5.75 Å². The van der Waals surface area contributed by atoms with Crippen LogP contribution < -0.4 is 10.1 Å². The van der Waals surface area contributed by atoms with Gasteiger partial charge in [0.1, 0.15) is 29.8 Å². The van der Waals surface area contributed by atoms with Crippen molar-refractivity contribution >= 4 is 0 Å². The SMILES string of the molecule is Fc1cc(F)cc(OCc2ccoc2CNC2CC2)c1. The number of furan rings is 1. The van der Waals surface area contributed by atoms with E-state index < -0.39 is 11.6 Å². The van der Waals surface area contributed by atoms with E-state index in [1.807, 2.05) is 0 Å². The minimum absolute atomic E-state index is 0.171. The molecular weight excluding hydrogens is 264 g/mol. The van der Waals surface area contributed by atoms with E-state index in [1.54, 1.807) is 12.3 Å². The molecule has 0 amide bonds. The zero-order chi connectivity index (χ0) is 13.9. The average molecular weight is 279 g/mol. The van der Waals surface area contributed by atoms with E-state index in [-0.39, 0.29) is 12.4 Å². The van der Waals surface area contributed by atoms with Crippen LogP contribution in [0.3, 0.4) is 0 Å². The summed E-state index contributed by atoms with van der Waals surface area (Å²) in [5, 5.41) is 3.35. The molecule has 0 unspecified atom stereocenters. The first-order valence-corrected chi connectivity index (χ1v) is 6.58. The molecule has 1 aliphatic rings. The molecule has 0 bridgehead atoms. The predicted octanol–water partition coefficient (Wildman–Crippen LogP) is 3.39. The normalized spacial score (nSPS) is 14.5. The maximum Gasteiger partial charge on any atom is 0.129 e. The van der Waals surface area contributed by atoms with Crippen LogP contribution in [-0.4, -0.2) is 6.04 Å². The molecule has 0 atom stereocenters. The Hall–Kier alpha value is -1.88. The summed E-state index contributed by atoms with van der Waals surface area (Å²) in [6, 6.07) is 5.53. The molecule has 0 spiro atoms. The Morgan fingerprint density at radius 2 is 1.95 bits per heavy atom. The van der Waals surface area contributed by atoms with Crippen molar-refractivity contribution < 1.29 is 17.9 Å². The monoisotopic (exact) mass is 279 g/mol. The largest absolute Gasteiger partial charge is 0.489 e. The highest BCUT2D eigenvalue weighted by atomic mass is 19.1. The van der Waals surface area contributed by atoms with Crippen molar-refractivity contribution in [3.63, 3.8) is 0 Å².